The number of carbonyl (C=O) groups is 1. The number of nitrogens with one attached hydrogen (secondary N) is 1. The fraction of sp³-hybridized carbons (Fsp3) is 0.0833. The number of nitrogen functional groups attached to an aromatic ring is 1. The Bertz CT molecular complexity index is 533. The van der Waals surface area contributed by atoms with E-state index in [4.69, 9.17) is 5.73 Å². The fourth-order valence-corrected chi connectivity index (χ4v) is 1.92. The van der Waals surface area contributed by atoms with E-state index in [1.165, 1.54) is 11.8 Å². The summed E-state index contributed by atoms with van der Waals surface area (Å²) in [5.41, 5.74) is 6.91. The number of para-hydroxylation sites is 2. The molecule has 92 valence electrons. The van der Waals surface area contributed by atoms with E-state index in [1.54, 1.807) is 30.7 Å². The van der Waals surface area contributed by atoms with E-state index in [0.717, 1.165) is 0 Å². The number of nitrogens with zero attached hydrogens (tertiary/aromatic N) is 2. The average Bonchev–Trinajstić information content (AvgIpc) is 2.40. The van der Waals surface area contributed by atoms with Crippen molar-refractivity contribution in [3.63, 3.8) is 0 Å². The van der Waals surface area contributed by atoms with E-state index in [9.17, 15) is 4.79 Å². The highest BCUT2D eigenvalue weighted by Crippen LogP contribution is 2.18. The lowest BCUT2D eigenvalue weighted by Crippen LogP contribution is -2.15. The van der Waals surface area contributed by atoms with Crippen LogP contribution in [-0.2, 0) is 4.79 Å². The maximum absolute atomic E-state index is 11.7. The minimum absolute atomic E-state index is 0.122. The first-order valence-corrected chi connectivity index (χ1v) is 6.27. The van der Waals surface area contributed by atoms with Crippen LogP contribution in [0.1, 0.15) is 0 Å². The van der Waals surface area contributed by atoms with Gasteiger partial charge in [-0.3, -0.25) is 9.78 Å². The van der Waals surface area contributed by atoms with Crippen LogP contribution >= 0.6 is 11.8 Å². The topological polar surface area (TPSA) is 80.9 Å². The first-order valence-electron chi connectivity index (χ1n) is 5.29. The van der Waals surface area contributed by atoms with E-state index >= 15 is 0 Å². The van der Waals surface area contributed by atoms with Crippen LogP contribution in [0.3, 0.4) is 0 Å². The van der Waals surface area contributed by atoms with E-state index in [2.05, 4.69) is 15.3 Å². The number of aromatic nitrogens is 2. The summed E-state index contributed by atoms with van der Waals surface area (Å²) in [4.78, 5) is 19.7. The second-order valence-corrected chi connectivity index (χ2v) is 4.46. The molecule has 0 fully saturated rings. The molecule has 5 nitrogen and oxygen atoms in total. The summed E-state index contributed by atoms with van der Waals surface area (Å²) in [5.74, 6) is 0.149. The summed E-state index contributed by atoms with van der Waals surface area (Å²) >= 11 is 1.33. The Hall–Kier alpha value is -2.08. The van der Waals surface area contributed by atoms with E-state index < -0.39 is 0 Å². The van der Waals surface area contributed by atoms with Gasteiger partial charge in [-0.2, -0.15) is 0 Å². The Morgan fingerprint density at radius 1 is 1.33 bits per heavy atom. The number of carbonyl (C=O) groups excluding carboxylic acids is 1. The van der Waals surface area contributed by atoms with Gasteiger partial charge in [0.15, 0.2) is 0 Å². The van der Waals surface area contributed by atoms with E-state index in [1.807, 2.05) is 12.1 Å². The number of hydrogen-bond donors (Lipinski definition) is 2. The molecule has 0 saturated carbocycles. The molecule has 18 heavy (non-hydrogen) atoms. The smallest absolute Gasteiger partial charge is 0.234 e. The Morgan fingerprint density at radius 2 is 2.17 bits per heavy atom. The molecule has 0 saturated heterocycles. The van der Waals surface area contributed by atoms with Gasteiger partial charge in [0.05, 0.1) is 23.3 Å². The number of nitrogens with two attached hydrogens (primary N) is 1. The lowest BCUT2D eigenvalue weighted by molar-refractivity contribution is -0.113. The molecule has 0 spiro atoms. The van der Waals surface area contributed by atoms with Gasteiger partial charge in [0.25, 0.3) is 0 Å². The van der Waals surface area contributed by atoms with Crippen LogP contribution in [-0.4, -0.2) is 21.6 Å². The van der Waals surface area contributed by atoms with E-state index in [-0.39, 0.29) is 11.7 Å². The largest absolute Gasteiger partial charge is 0.397 e. The summed E-state index contributed by atoms with van der Waals surface area (Å²) in [5, 5.41) is 3.46. The Kier molecular flexibility index (Phi) is 4.14. The summed E-state index contributed by atoms with van der Waals surface area (Å²) in [6, 6.07) is 7.15. The minimum atomic E-state index is -0.122. The molecule has 0 aliphatic heterocycles. The molecule has 0 radical (unpaired) electrons. The first kappa shape index (κ1) is 12.4. The number of benzene rings is 1. The highest BCUT2D eigenvalue weighted by atomic mass is 32.2. The Balaban J connectivity index is 1.88. The zero-order valence-corrected chi connectivity index (χ0v) is 10.4. The van der Waals surface area contributed by atoms with Gasteiger partial charge in [0.1, 0.15) is 5.03 Å². The van der Waals surface area contributed by atoms with Crippen molar-refractivity contribution >= 4 is 29.0 Å². The summed E-state index contributed by atoms with van der Waals surface area (Å²) in [6.07, 6.45) is 4.80. The normalized spacial score (nSPS) is 10.0. The van der Waals surface area contributed by atoms with Crippen LogP contribution in [0.25, 0.3) is 0 Å². The zero-order valence-electron chi connectivity index (χ0n) is 9.54. The van der Waals surface area contributed by atoms with Crippen molar-refractivity contribution in [1.82, 2.24) is 9.97 Å². The molecule has 0 bridgehead atoms. The molecule has 0 aliphatic carbocycles. The predicted molar refractivity (Wildman–Crippen MR) is 72.2 cm³/mol. The van der Waals surface area contributed by atoms with Gasteiger partial charge in [0.2, 0.25) is 5.91 Å². The molecular formula is C12H12N4OS. The molecule has 1 aromatic heterocycles. The molecule has 0 unspecified atom stereocenters. The van der Waals surface area contributed by atoms with Gasteiger partial charge >= 0.3 is 0 Å². The SMILES string of the molecule is Nc1ccccc1NC(=O)CSc1cnccn1. The van der Waals surface area contributed by atoms with Crippen molar-refractivity contribution < 1.29 is 4.79 Å². The highest BCUT2D eigenvalue weighted by Gasteiger charge is 2.06. The number of anilines is 2. The standard InChI is InChI=1S/C12H12N4OS/c13-9-3-1-2-4-10(9)16-11(17)8-18-12-7-14-5-6-15-12/h1-7H,8,13H2,(H,16,17). The van der Waals surface area contributed by atoms with Gasteiger partial charge in [0, 0.05) is 12.4 Å². The quantitative estimate of drug-likeness (QED) is 0.647. The minimum Gasteiger partial charge on any atom is -0.397 e. The molecule has 3 N–H and O–H groups in total. The van der Waals surface area contributed by atoms with Crippen molar-refractivity contribution in [2.75, 3.05) is 16.8 Å². The van der Waals surface area contributed by atoms with Crippen LogP contribution < -0.4 is 11.1 Å². The lowest BCUT2D eigenvalue weighted by atomic mass is 10.3. The highest BCUT2D eigenvalue weighted by molar-refractivity contribution is 7.99. The lowest BCUT2D eigenvalue weighted by Gasteiger charge is -2.07. The monoisotopic (exact) mass is 260 g/mol. The van der Waals surface area contributed by atoms with Gasteiger partial charge in [-0.15, -0.1) is 0 Å². The van der Waals surface area contributed by atoms with Crippen LogP contribution in [0.15, 0.2) is 47.9 Å². The summed E-state index contributed by atoms with van der Waals surface area (Å²) in [6.45, 7) is 0. The maximum Gasteiger partial charge on any atom is 0.234 e. The van der Waals surface area contributed by atoms with Gasteiger partial charge in [-0.05, 0) is 12.1 Å². The molecule has 0 aliphatic rings. The third-order valence-electron chi connectivity index (χ3n) is 2.13. The molecule has 0 atom stereocenters. The average molecular weight is 260 g/mol. The van der Waals surface area contributed by atoms with Crippen LogP contribution in [0.5, 0.6) is 0 Å². The molecule has 1 aromatic carbocycles. The Labute approximate surface area is 109 Å². The number of hydrogen-bond acceptors (Lipinski definition) is 5. The van der Waals surface area contributed by atoms with Crippen molar-refractivity contribution in [2.24, 2.45) is 0 Å². The van der Waals surface area contributed by atoms with Crippen LogP contribution in [0.4, 0.5) is 11.4 Å². The van der Waals surface area contributed by atoms with Crippen molar-refractivity contribution in [1.29, 1.82) is 0 Å². The number of thioether (sulfide) groups is 1. The van der Waals surface area contributed by atoms with Crippen LogP contribution in [0, 0.1) is 0 Å². The zero-order chi connectivity index (χ0) is 12.8. The molecule has 6 heteroatoms. The van der Waals surface area contributed by atoms with Gasteiger partial charge in [-0.1, -0.05) is 23.9 Å². The predicted octanol–water partition coefficient (Wildman–Crippen LogP) is 1.79. The number of amides is 1. The fourth-order valence-electron chi connectivity index (χ4n) is 1.30. The molecular weight excluding hydrogens is 248 g/mol. The number of rotatable bonds is 4. The van der Waals surface area contributed by atoms with E-state index in [0.29, 0.717) is 16.4 Å². The molecule has 1 amide bonds. The van der Waals surface area contributed by atoms with Crippen molar-refractivity contribution in [3.8, 4) is 0 Å². The van der Waals surface area contributed by atoms with Crippen LogP contribution in [0.2, 0.25) is 0 Å². The molecule has 2 rings (SSSR count). The van der Waals surface area contributed by atoms with Crippen molar-refractivity contribution in [3.05, 3.63) is 42.9 Å². The summed E-state index contributed by atoms with van der Waals surface area (Å²) in [7, 11) is 0. The third kappa shape index (κ3) is 3.46. The molecule has 1 heterocycles. The van der Waals surface area contributed by atoms with Gasteiger partial charge < -0.3 is 11.1 Å². The Morgan fingerprint density at radius 3 is 2.89 bits per heavy atom. The molecule has 2 aromatic rings. The van der Waals surface area contributed by atoms with Gasteiger partial charge in [-0.25, -0.2) is 4.98 Å². The summed E-state index contributed by atoms with van der Waals surface area (Å²) < 4.78 is 0. The second kappa shape index (κ2) is 6.02. The maximum atomic E-state index is 11.7. The van der Waals surface area contributed by atoms with Crippen molar-refractivity contribution in [2.45, 2.75) is 5.03 Å². The second-order valence-electron chi connectivity index (χ2n) is 3.47. The first-order chi connectivity index (χ1) is 8.75. The third-order valence-corrected chi connectivity index (χ3v) is 3.04.